The van der Waals surface area contributed by atoms with Crippen LogP contribution in [0.5, 0.6) is 0 Å². The molecule has 0 aliphatic heterocycles. The average molecular weight is 405 g/mol. The van der Waals surface area contributed by atoms with E-state index in [4.69, 9.17) is 16.6 Å². The Bertz CT molecular complexity index is 1280. The van der Waals surface area contributed by atoms with Crippen molar-refractivity contribution < 1.29 is 0 Å². The lowest BCUT2D eigenvalue weighted by Crippen LogP contribution is -1.95. The van der Waals surface area contributed by atoms with Gasteiger partial charge in [-0.2, -0.15) is 0 Å². The lowest BCUT2D eigenvalue weighted by Gasteiger charge is -2.06. The van der Waals surface area contributed by atoms with Gasteiger partial charge in [0, 0.05) is 49.0 Å². The Kier molecular flexibility index (Phi) is 4.11. The van der Waals surface area contributed by atoms with Gasteiger partial charge >= 0.3 is 0 Å². The Morgan fingerprint density at radius 3 is 2.68 bits per heavy atom. The van der Waals surface area contributed by atoms with Crippen molar-refractivity contribution in [1.29, 1.82) is 0 Å². The Morgan fingerprint density at radius 1 is 1.04 bits per heavy atom. The van der Waals surface area contributed by atoms with Crippen molar-refractivity contribution in [2.75, 3.05) is 0 Å². The minimum absolute atomic E-state index is 0.424. The lowest BCUT2D eigenvalue weighted by molar-refractivity contribution is 0.968. The van der Waals surface area contributed by atoms with Crippen molar-refractivity contribution >= 4 is 33.8 Å². The maximum Gasteiger partial charge on any atom is 0.178 e. The van der Waals surface area contributed by atoms with Crippen LogP contribution in [0.15, 0.2) is 61.3 Å². The molecule has 5 rings (SSSR count). The summed E-state index contributed by atoms with van der Waals surface area (Å²) in [5.74, 6) is 0.569. The summed E-state index contributed by atoms with van der Waals surface area (Å²) in [6, 6.07) is 9.65. The van der Waals surface area contributed by atoms with E-state index >= 15 is 0 Å². The first kappa shape index (κ1) is 17.0. The van der Waals surface area contributed by atoms with E-state index in [0.29, 0.717) is 16.7 Å². The second-order valence-electron chi connectivity index (χ2n) is 6.17. The lowest BCUT2D eigenvalue weighted by atomic mass is 10.2. The minimum Gasteiger partial charge on any atom is -0.350 e. The number of pyridine rings is 2. The maximum absolute atomic E-state index is 6.54. The first-order valence-electron chi connectivity index (χ1n) is 8.51. The molecular weight excluding hydrogens is 392 g/mol. The van der Waals surface area contributed by atoms with Crippen LogP contribution in [0.4, 0.5) is 0 Å². The summed E-state index contributed by atoms with van der Waals surface area (Å²) in [6.45, 7) is 0. The fraction of sp³-hybridized carbons (Fsp3) is 0.0500. The first-order valence-corrected chi connectivity index (χ1v) is 9.71. The van der Waals surface area contributed by atoms with Crippen LogP contribution in [0.2, 0.25) is 5.15 Å². The number of hydrogen-bond donors (Lipinski definition) is 0. The van der Waals surface area contributed by atoms with Crippen LogP contribution >= 0.6 is 22.9 Å². The van der Waals surface area contributed by atoms with Crippen LogP contribution < -0.4 is 0 Å². The smallest absolute Gasteiger partial charge is 0.178 e. The molecule has 5 heterocycles. The molecule has 8 heteroatoms. The van der Waals surface area contributed by atoms with Crippen molar-refractivity contribution in [3.05, 3.63) is 66.5 Å². The van der Waals surface area contributed by atoms with Gasteiger partial charge in [0.15, 0.2) is 5.82 Å². The molecule has 0 aromatic carbocycles. The van der Waals surface area contributed by atoms with Gasteiger partial charge in [0.1, 0.15) is 15.9 Å². The van der Waals surface area contributed by atoms with Gasteiger partial charge < -0.3 is 4.57 Å². The molecule has 0 radical (unpaired) electrons. The molecule has 0 aliphatic carbocycles. The van der Waals surface area contributed by atoms with E-state index in [-0.39, 0.29) is 0 Å². The van der Waals surface area contributed by atoms with Crippen LogP contribution in [-0.2, 0) is 7.05 Å². The van der Waals surface area contributed by atoms with Gasteiger partial charge in [0.2, 0.25) is 0 Å². The molecule has 0 N–H and O–H groups in total. The van der Waals surface area contributed by atoms with E-state index in [9.17, 15) is 0 Å². The van der Waals surface area contributed by atoms with E-state index in [1.165, 1.54) is 11.3 Å². The summed E-state index contributed by atoms with van der Waals surface area (Å²) >= 11 is 8.03. The highest BCUT2D eigenvalue weighted by Gasteiger charge is 2.19. The van der Waals surface area contributed by atoms with Crippen molar-refractivity contribution in [2.24, 2.45) is 7.05 Å². The number of fused-ring (bicyclic) bond motifs is 1. The molecule has 0 amide bonds. The third-order valence-electron chi connectivity index (χ3n) is 4.39. The van der Waals surface area contributed by atoms with Crippen molar-refractivity contribution in [3.63, 3.8) is 0 Å². The highest BCUT2D eigenvalue weighted by atomic mass is 35.5. The molecule has 0 unspecified atom stereocenters. The second-order valence-corrected chi connectivity index (χ2v) is 7.53. The Morgan fingerprint density at radius 2 is 1.89 bits per heavy atom. The van der Waals surface area contributed by atoms with Gasteiger partial charge in [0.05, 0.1) is 16.1 Å². The zero-order valence-electron chi connectivity index (χ0n) is 14.7. The van der Waals surface area contributed by atoms with E-state index in [2.05, 4.69) is 19.9 Å². The molecule has 6 nitrogen and oxygen atoms in total. The third kappa shape index (κ3) is 2.85. The zero-order chi connectivity index (χ0) is 19.1. The largest absolute Gasteiger partial charge is 0.350 e. The average Bonchev–Trinajstić information content (AvgIpc) is 3.32. The molecule has 0 bridgehead atoms. The van der Waals surface area contributed by atoms with Crippen LogP contribution in [0, 0.1) is 0 Å². The van der Waals surface area contributed by atoms with E-state index < -0.39 is 0 Å². The van der Waals surface area contributed by atoms with Crippen molar-refractivity contribution in [3.8, 4) is 32.7 Å². The van der Waals surface area contributed by atoms with Crippen LogP contribution in [0.25, 0.3) is 43.6 Å². The normalized spacial score (nSPS) is 11.2. The van der Waals surface area contributed by atoms with E-state index in [1.807, 2.05) is 42.1 Å². The quantitative estimate of drug-likeness (QED) is 0.429. The first-order chi connectivity index (χ1) is 13.7. The van der Waals surface area contributed by atoms with Crippen LogP contribution in [0.3, 0.4) is 0 Å². The number of rotatable bonds is 3. The molecule has 0 fully saturated rings. The predicted molar refractivity (Wildman–Crippen MR) is 111 cm³/mol. The fourth-order valence-corrected chi connectivity index (χ4v) is 4.33. The molecule has 5 aromatic rings. The van der Waals surface area contributed by atoms with Gasteiger partial charge in [-0.3, -0.25) is 4.98 Å². The van der Waals surface area contributed by atoms with Gasteiger partial charge in [-0.1, -0.05) is 11.6 Å². The predicted octanol–water partition coefficient (Wildman–Crippen LogP) is 4.87. The monoisotopic (exact) mass is 404 g/mol. The van der Waals surface area contributed by atoms with Gasteiger partial charge in [-0.05, 0) is 30.3 Å². The zero-order valence-corrected chi connectivity index (χ0v) is 16.3. The summed E-state index contributed by atoms with van der Waals surface area (Å²) in [5, 5.41) is 2.23. The van der Waals surface area contributed by atoms with E-state index in [1.54, 1.807) is 30.9 Å². The number of hydrogen-bond acceptors (Lipinski definition) is 6. The van der Waals surface area contributed by atoms with Crippen LogP contribution in [-0.4, -0.2) is 29.5 Å². The molecule has 0 saturated carbocycles. The summed E-state index contributed by atoms with van der Waals surface area (Å²) < 4.78 is 2.05. The number of aryl methyl sites for hydroxylation is 1. The minimum atomic E-state index is 0.424. The van der Waals surface area contributed by atoms with Crippen molar-refractivity contribution in [1.82, 2.24) is 29.5 Å². The Balaban J connectivity index is 1.74. The molecule has 5 aromatic heterocycles. The Hall–Kier alpha value is -3.16. The maximum atomic E-state index is 6.54. The summed E-state index contributed by atoms with van der Waals surface area (Å²) in [5.41, 5.74) is 3.42. The fourth-order valence-electron chi connectivity index (χ4n) is 3.04. The number of nitrogens with zero attached hydrogens (tertiary/aromatic N) is 6. The van der Waals surface area contributed by atoms with E-state index in [0.717, 1.165) is 32.0 Å². The molecule has 0 aliphatic rings. The number of thiazole rings is 1. The topological polar surface area (TPSA) is 69.4 Å². The summed E-state index contributed by atoms with van der Waals surface area (Å²) in [7, 11) is 2.00. The van der Waals surface area contributed by atoms with Gasteiger partial charge in [0.25, 0.3) is 0 Å². The highest BCUT2D eigenvalue weighted by Crippen LogP contribution is 2.40. The molecular formula is C20H13ClN6S. The highest BCUT2D eigenvalue weighted by molar-refractivity contribution is 7.19. The van der Waals surface area contributed by atoms with Crippen LogP contribution in [0.1, 0.15) is 0 Å². The van der Waals surface area contributed by atoms with Crippen molar-refractivity contribution in [2.45, 2.75) is 0 Å². The Labute approximate surface area is 169 Å². The summed E-state index contributed by atoms with van der Waals surface area (Å²) in [4.78, 5) is 23.1. The van der Waals surface area contributed by atoms with Gasteiger partial charge in [-0.15, -0.1) is 11.3 Å². The van der Waals surface area contributed by atoms with Gasteiger partial charge in [-0.25, -0.2) is 19.9 Å². The molecule has 136 valence electrons. The summed E-state index contributed by atoms with van der Waals surface area (Å²) in [6.07, 6.45) is 8.93. The third-order valence-corrected chi connectivity index (χ3v) is 5.88. The second kappa shape index (κ2) is 6.78. The molecule has 28 heavy (non-hydrogen) atoms. The number of aromatic nitrogens is 6. The number of halogens is 1. The molecule has 0 atom stereocenters. The standard InChI is InChI=1S/C20H13ClN6S/c1-27-9-5-13-15(27)10-14(19-23-7-3-8-24-19)25-16(13)17-18(21)26-20(28-17)12-4-2-6-22-11-12/h2-11H,1H3. The molecule has 0 spiro atoms. The molecule has 0 saturated heterocycles. The SMILES string of the molecule is Cn1ccc2c(-c3sc(-c4cccnc4)nc3Cl)nc(-c3ncccn3)cc21.